The van der Waals surface area contributed by atoms with E-state index in [-0.39, 0.29) is 24.2 Å². The Morgan fingerprint density at radius 1 is 1.50 bits per heavy atom. The van der Waals surface area contributed by atoms with Crippen LogP contribution in [0.25, 0.3) is 0 Å². The van der Waals surface area contributed by atoms with E-state index in [1.54, 1.807) is 18.2 Å². The number of ether oxygens (including phenoxy) is 1. The molecule has 1 fully saturated rings. The van der Waals surface area contributed by atoms with E-state index in [1.807, 2.05) is 0 Å². The Balaban J connectivity index is 0.00000128. The Hall–Kier alpha value is -0.940. The molecule has 1 amide bonds. The molecule has 2 N–H and O–H groups in total. The van der Waals surface area contributed by atoms with Crippen molar-refractivity contribution >= 4 is 34.4 Å². The second-order valence-corrected chi connectivity index (χ2v) is 4.19. The zero-order chi connectivity index (χ0) is 10.8. The maximum atomic E-state index is 11.0. The van der Waals surface area contributed by atoms with Crippen molar-refractivity contribution in [2.24, 2.45) is 0 Å². The number of benzene rings is 1. The van der Waals surface area contributed by atoms with Gasteiger partial charge in [0.25, 0.3) is 0 Å². The highest BCUT2D eigenvalue weighted by Gasteiger charge is 2.21. The lowest BCUT2D eigenvalue weighted by atomic mass is 10.0. The van der Waals surface area contributed by atoms with E-state index in [4.69, 9.17) is 4.74 Å². The van der Waals surface area contributed by atoms with E-state index in [1.165, 1.54) is 0 Å². The summed E-state index contributed by atoms with van der Waals surface area (Å²) in [5, 5.41) is 12.1. The minimum Gasteiger partial charge on any atom is -0.507 e. The number of halogens is 2. The molecule has 16 heavy (non-hydrogen) atoms. The summed E-state index contributed by atoms with van der Waals surface area (Å²) >= 11 is 3.23. The summed E-state index contributed by atoms with van der Waals surface area (Å²) < 4.78 is 5.40. The van der Waals surface area contributed by atoms with Gasteiger partial charge in [0.2, 0.25) is 0 Å². The van der Waals surface area contributed by atoms with Gasteiger partial charge in [-0.15, -0.1) is 12.4 Å². The molecule has 0 aromatic heterocycles. The zero-order valence-corrected chi connectivity index (χ0v) is 10.7. The van der Waals surface area contributed by atoms with Gasteiger partial charge >= 0.3 is 6.09 Å². The van der Waals surface area contributed by atoms with Gasteiger partial charge in [-0.3, -0.25) is 0 Å². The summed E-state index contributed by atoms with van der Waals surface area (Å²) in [7, 11) is 0. The smallest absolute Gasteiger partial charge is 0.407 e. The van der Waals surface area contributed by atoms with Crippen molar-refractivity contribution in [1.82, 2.24) is 5.32 Å². The zero-order valence-electron chi connectivity index (χ0n) is 8.27. The van der Waals surface area contributed by atoms with Crippen LogP contribution in [0.1, 0.15) is 18.0 Å². The van der Waals surface area contributed by atoms with Crippen molar-refractivity contribution < 1.29 is 14.6 Å². The number of hydrogen-bond donors (Lipinski definition) is 2. The second kappa shape index (κ2) is 5.41. The maximum Gasteiger partial charge on any atom is 0.407 e. The van der Waals surface area contributed by atoms with Gasteiger partial charge in [-0.25, -0.2) is 4.79 Å². The van der Waals surface area contributed by atoms with Crippen molar-refractivity contribution in [3.8, 4) is 5.75 Å². The van der Waals surface area contributed by atoms with Crippen LogP contribution < -0.4 is 5.32 Å². The van der Waals surface area contributed by atoms with E-state index in [2.05, 4.69) is 21.2 Å². The molecule has 1 atom stereocenters. The van der Waals surface area contributed by atoms with Crippen molar-refractivity contribution in [3.05, 3.63) is 28.2 Å². The summed E-state index contributed by atoms with van der Waals surface area (Å²) in [5.74, 6) is 0.192. The van der Waals surface area contributed by atoms with Gasteiger partial charge < -0.3 is 15.2 Å². The summed E-state index contributed by atoms with van der Waals surface area (Å²) in [5.41, 5.74) is 0.955. The standard InChI is InChI=1S/C10H10BrNO3.ClH/c11-7-5-6(1-2-9(7)13)8-3-4-15-10(14)12-8;/h1-2,5,8,13H,3-4H2,(H,12,14);1H/t8-;/m0./s1. The fourth-order valence-corrected chi connectivity index (χ4v) is 1.91. The molecule has 1 aliphatic rings. The normalized spacial score (nSPS) is 19.3. The third kappa shape index (κ3) is 2.80. The van der Waals surface area contributed by atoms with Gasteiger partial charge in [-0.2, -0.15) is 0 Å². The first-order valence-electron chi connectivity index (χ1n) is 4.58. The number of phenolic OH excluding ortho intramolecular Hbond substituents is 1. The molecule has 1 aromatic carbocycles. The Morgan fingerprint density at radius 3 is 2.88 bits per heavy atom. The van der Waals surface area contributed by atoms with Crippen LogP contribution in [0.2, 0.25) is 0 Å². The molecule has 1 aromatic rings. The molecular formula is C10H11BrClNO3. The summed E-state index contributed by atoms with van der Waals surface area (Å²) in [6, 6.07) is 5.14. The van der Waals surface area contributed by atoms with E-state index < -0.39 is 6.09 Å². The first kappa shape index (κ1) is 13.1. The number of phenols is 1. The van der Waals surface area contributed by atoms with Crippen LogP contribution in [-0.4, -0.2) is 17.8 Å². The van der Waals surface area contributed by atoms with Crippen LogP contribution in [0, 0.1) is 0 Å². The molecule has 0 saturated carbocycles. The van der Waals surface area contributed by atoms with Crippen molar-refractivity contribution in [1.29, 1.82) is 0 Å². The quantitative estimate of drug-likeness (QED) is 0.838. The lowest BCUT2D eigenvalue weighted by Gasteiger charge is -2.23. The molecule has 1 heterocycles. The van der Waals surface area contributed by atoms with Crippen molar-refractivity contribution in [2.75, 3.05) is 6.61 Å². The minimum absolute atomic E-state index is 0. The highest BCUT2D eigenvalue weighted by atomic mass is 79.9. The van der Waals surface area contributed by atoms with E-state index in [0.717, 1.165) is 12.0 Å². The topological polar surface area (TPSA) is 58.6 Å². The van der Waals surface area contributed by atoms with Gasteiger partial charge in [-0.05, 0) is 33.6 Å². The molecule has 0 aliphatic carbocycles. The van der Waals surface area contributed by atoms with Crippen molar-refractivity contribution in [2.45, 2.75) is 12.5 Å². The fourth-order valence-electron chi connectivity index (χ4n) is 1.52. The second-order valence-electron chi connectivity index (χ2n) is 3.33. The predicted octanol–water partition coefficient (Wildman–Crippen LogP) is 2.75. The number of cyclic esters (lactones) is 1. The summed E-state index contributed by atoms with van der Waals surface area (Å²) in [6.45, 7) is 0.426. The molecule has 0 spiro atoms. The molecule has 0 radical (unpaired) electrons. The number of nitrogens with one attached hydrogen (secondary N) is 1. The summed E-state index contributed by atoms with van der Waals surface area (Å²) in [4.78, 5) is 11.0. The number of amides is 1. The fraction of sp³-hybridized carbons (Fsp3) is 0.300. The third-order valence-corrected chi connectivity index (χ3v) is 2.94. The van der Waals surface area contributed by atoms with E-state index in [0.29, 0.717) is 11.1 Å². The van der Waals surface area contributed by atoms with Gasteiger partial charge in [0.15, 0.2) is 0 Å². The number of carbonyl (C=O) groups is 1. The molecular weight excluding hydrogens is 297 g/mol. The maximum absolute atomic E-state index is 11.0. The molecule has 6 heteroatoms. The lowest BCUT2D eigenvalue weighted by Crippen LogP contribution is -2.35. The molecule has 2 rings (SSSR count). The van der Waals surface area contributed by atoms with Crippen LogP contribution in [0.15, 0.2) is 22.7 Å². The molecule has 1 aliphatic heterocycles. The van der Waals surface area contributed by atoms with Crippen LogP contribution in [0.5, 0.6) is 5.75 Å². The summed E-state index contributed by atoms with van der Waals surface area (Å²) in [6.07, 6.45) is 0.346. The van der Waals surface area contributed by atoms with Crippen molar-refractivity contribution in [3.63, 3.8) is 0 Å². The average Bonchev–Trinajstić information content (AvgIpc) is 2.22. The molecule has 4 nitrogen and oxygen atoms in total. The first-order valence-corrected chi connectivity index (χ1v) is 5.38. The Morgan fingerprint density at radius 2 is 2.25 bits per heavy atom. The highest BCUT2D eigenvalue weighted by molar-refractivity contribution is 9.10. The van der Waals surface area contributed by atoms with E-state index >= 15 is 0 Å². The number of carbonyl (C=O) groups excluding carboxylic acids is 1. The lowest BCUT2D eigenvalue weighted by molar-refractivity contribution is 0.115. The SMILES string of the molecule is Cl.O=C1N[C@H](c2ccc(O)c(Br)c2)CCO1. The van der Waals surface area contributed by atoms with Gasteiger partial charge in [0, 0.05) is 6.42 Å². The largest absolute Gasteiger partial charge is 0.507 e. The first-order chi connectivity index (χ1) is 7.16. The Labute approximate surface area is 108 Å². The van der Waals surface area contributed by atoms with Crippen LogP contribution in [0.3, 0.4) is 0 Å². The molecule has 0 unspecified atom stereocenters. The Bertz CT molecular complexity index is 400. The number of hydrogen-bond acceptors (Lipinski definition) is 3. The third-order valence-electron chi connectivity index (χ3n) is 2.31. The van der Waals surface area contributed by atoms with Gasteiger partial charge in [0.05, 0.1) is 17.1 Å². The molecule has 0 bridgehead atoms. The number of rotatable bonds is 1. The van der Waals surface area contributed by atoms with Gasteiger partial charge in [-0.1, -0.05) is 6.07 Å². The van der Waals surface area contributed by atoms with Crippen LogP contribution in [-0.2, 0) is 4.74 Å². The number of alkyl carbamates (subject to hydrolysis) is 1. The number of aromatic hydroxyl groups is 1. The molecule has 88 valence electrons. The van der Waals surface area contributed by atoms with Crippen LogP contribution in [0.4, 0.5) is 4.79 Å². The highest BCUT2D eigenvalue weighted by Crippen LogP contribution is 2.29. The molecule has 1 saturated heterocycles. The monoisotopic (exact) mass is 307 g/mol. The van der Waals surface area contributed by atoms with Gasteiger partial charge in [0.1, 0.15) is 5.75 Å². The van der Waals surface area contributed by atoms with E-state index in [9.17, 15) is 9.90 Å². The minimum atomic E-state index is -0.393. The van der Waals surface area contributed by atoms with Crippen LogP contribution >= 0.6 is 28.3 Å². The Kier molecular flexibility index (Phi) is 4.44. The predicted molar refractivity (Wildman–Crippen MR) is 64.9 cm³/mol. The average molecular weight is 309 g/mol.